The fourth-order valence-corrected chi connectivity index (χ4v) is 2.53. The number of anilines is 1. The second kappa shape index (κ2) is 7.18. The molecular weight excluding hydrogens is 345 g/mol. The van der Waals surface area contributed by atoms with E-state index < -0.39 is 5.91 Å². The lowest BCUT2D eigenvalue weighted by atomic mass is 10.2. The van der Waals surface area contributed by atoms with Gasteiger partial charge in [-0.3, -0.25) is 4.79 Å². The molecule has 1 saturated heterocycles. The Hall–Kier alpha value is -0.500. The van der Waals surface area contributed by atoms with Crippen molar-refractivity contribution in [1.29, 1.82) is 0 Å². The zero-order chi connectivity index (χ0) is 11.7. The van der Waals surface area contributed by atoms with Crippen LogP contribution in [0.1, 0.15) is 22.8 Å². The van der Waals surface area contributed by atoms with Gasteiger partial charge in [0, 0.05) is 13.6 Å². The molecule has 6 nitrogen and oxygen atoms in total. The highest BCUT2D eigenvalue weighted by molar-refractivity contribution is 9.10. The molecule has 1 fully saturated rings. The summed E-state index contributed by atoms with van der Waals surface area (Å²) in [4.78, 5) is 11.3. The van der Waals surface area contributed by atoms with E-state index in [0.29, 0.717) is 16.0 Å². The molecule has 18 heavy (non-hydrogen) atoms. The molecule has 1 amide bonds. The van der Waals surface area contributed by atoms with Gasteiger partial charge in [-0.1, -0.05) is 0 Å². The molecule has 4 N–H and O–H groups in total. The summed E-state index contributed by atoms with van der Waals surface area (Å²) in [5, 5.41) is 10.6. The zero-order valence-corrected chi connectivity index (χ0v) is 13.0. The van der Waals surface area contributed by atoms with Crippen molar-refractivity contribution in [3.05, 3.63) is 10.2 Å². The number of nitrogens with two attached hydrogens (primary N) is 1. The van der Waals surface area contributed by atoms with Gasteiger partial charge in [0.2, 0.25) is 0 Å². The molecule has 0 saturated carbocycles. The first-order valence-corrected chi connectivity index (χ1v) is 5.90. The molecule has 9 heteroatoms. The van der Waals surface area contributed by atoms with Gasteiger partial charge in [-0.15, -0.1) is 24.8 Å². The zero-order valence-electron chi connectivity index (χ0n) is 9.77. The summed E-state index contributed by atoms with van der Waals surface area (Å²) in [6.07, 6.45) is 1.00. The summed E-state index contributed by atoms with van der Waals surface area (Å²) in [6, 6.07) is 0.270. The van der Waals surface area contributed by atoms with Crippen LogP contribution >= 0.6 is 40.7 Å². The highest BCUT2D eigenvalue weighted by atomic mass is 79.9. The summed E-state index contributed by atoms with van der Waals surface area (Å²) in [5.41, 5.74) is 5.74. The number of nitrogens with zero attached hydrogens (tertiary/aromatic N) is 2. The van der Waals surface area contributed by atoms with Gasteiger partial charge in [0.15, 0.2) is 0 Å². The Balaban J connectivity index is 0.00000144. The number of primary amides is 1. The minimum absolute atomic E-state index is 0. The Labute approximate surface area is 126 Å². The molecule has 1 atom stereocenters. The summed E-state index contributed by atoms with van der Waals surface area (Å²) >= 11 is 3.26. The number of hydrogen-bond donors (Lipinski definition) is 3. The van der Waals surface area contributed by atoms with Crippen LogP contribution < -0.4 is 16.4 Å². The molecule has 2 rings (SSSR count). The van der Waals surface area contributed by atoms with E-state index in [4.69, 9.17) is 5.73 Å². The third kappa shape index (κ3) is 3.09. The van der Waals surface area contributed by atoms with Crippen LogP contribution in [0.4, 0.5) is 5.82 Å². The molecule has 104 valence electrons. The first-order valence-electron chi connectivity index (χ1n) is 5.11. The largest absolute Gasteiger partial charge is 0.373 e. The molecule has 1 aromatic rings. The van der Waals surface area contributed by atoms with E-state index in [1.165, 1.54) is 0 Å². The average molecular weight is 361 g/mol. The van der Waals surface area contributed by atoms with Gasteiger partial charge in [-0.25, -0.2) is 4.68 Å². The Morgan fingerprint density at radius 2 is 2.28 bits per heavy atom. The number of rotatable bonds is 3. The first-order chi connectivity index (χ1) is 7.65. The number of halogens is 3. The van der Waals surface area contributed by atoms with Gasteiger partial charge >= 0.3 is 0 Å². The SMILES string of the molecule is CNc1c(C(N)=O)c(Br)nn1[C@H]1CCNC1.Cl.Cl. The van der Waals surface area contributed by atoms with Gasteiger partial charge in [0.25, 0.3) is 5.91 Å². The van der Waals surface area contributed by atoms with Crippen LogP contribution in [0.5, 0.6) is 0 Å². The van der Waals surface area contributed by atoms with Crippen molar-refractivity contribution in [2.24, 2.45) is 5.73 Å². The maximum atomic E-state index is 11.3. The van der Waals surface area contributed by atoms with E-state index in [1.54, 1.807) is 7.05 Å². The molecule has 0 aliphatic carbocycles. The Kier molecular flexibility index (Phi) is 6.98. The second-order valence-electron chi connectivity index (χ2n) is 3.72. The van der Waals surface area contributed by atoms with Crippen molar-refractivity contribution in [2.75, 3.05) is 25.5 Å². The quantitative estimate of drug-likeness (QED) is 0.755. The number of nitrogens with one attached hydrogen (secondary N) is 2. The molecule has 0 bridgehead atoms. The monoisotopic (exact) mass is 359 g/mol. The molecule has 0 aromatic carbocycles. The van der Waals surface area contributed by atoms with Crippen molar-refractivity contribution in [3.63, 3.8) is 0 Å². The molecule has 0 spiro atoms. The molecule has 0 unspecified atom stereocenters. The lowest BCUT2D eigenvalue weighted by molar-refractivity contribution is 0.100. The number of hydrogen-bond acceptors (Lipinski definition) is 4. The highest BCUT2D eigenvalue weighted by Gasteiger charge is 2.26. The van der Waals surface area contributed by atoms with Gasteiger partial charge in [-0.05, 0) is 28.9 Å². The van der Waals surface area contributed by atoms with Gasteiger partial charge in [0.1, 0.15) is 16.0 Å². The smallest absolute Gasteiger partial charge is 0.255 e. The van der Waals surface area contributed by atoms with Crippen LogP contribution in [0.25, 0.3) is 0 Å². The fraction of sp³-hybridized carbons (Fsp3) is 0.556. The lowest BCUT2D eigenvalue weighted by Crippen LogP contribution is -2.18. The van der Waals surface area contributed by atoms with Gasteiger partial charge < -0.3 is 16.4 Å². The molecule has 2 heterocycles. The van der Waals surface area contributed by atoms with Crippen molar-refractivity contribution in [3.8, 4) is 0 Å². The predicted molar refractivity (Wildman–Crippen MR) is 79.0 cm³/mol. The van der Waals surface area contributed by atoms with Crippen LogP contribution in [0.15, 0.2) is 4.60 Å². The van der Waals surface area contributed by atoms with E-state index in [-0.39, 0.29) is 30.9 Å². The molecular formula is C9H16BrCl2N5O. The Morgan fingerprint density at radius 3 is 2.72 bits per heavy atom. The number of carbonyl (C=O) groups excluding carboxylic acids is 1. The van der Waals surface area contributed by atoms with E-state index >= 15 is 0 Å². The van der Waals surface area contributed by atoms with E-state index in [0.717, 1.165) is 19.5 Å². The number of carbonyl (C=O) groups is 1. The van der Waals surface area contributed by atoms with Gasteiger partial charge in [-0.2, -0.15) is 5.10 Å². The maximum Gasteiger partial charge on any atom is 0.255 e. The summed E-state index contributed by atoms with van der Waals surface area (Å²) in [5.74, 6) is 0.196. The van der Waals surface area contributed by atoms with Crippen molar-refractivity contribution >= 4 is 52.5 Å². The molecule has 1 aromatic heterocycles. The lowest BCUT2D eigenvalue weighted by Gasteiger charge is -2.13. The normalized spacial score (nSPS) is 17.8. The minimum Gasteiger partial charge on any atom is -0.373 e. The van der Waals surface area contributed by atoms with Crippen LogP contribution in [0.3, 0.4) is 0 Å². The van der Waals surface area contributed by atoms with Crippen molar-refractivity contribution in [2.45, 2.75) is 12.5 Å². The number of amides is 1. The van der Waals surface area contributed by atoms with E-state index in [1.807, 2.05) is 4.68 Å². The maximum absolute atomic E-state index is 11.3. The standard InChI is InChI=1S/C9H14BrN5O.2ClH/c1-12-9-6(8(11)16)7(10)14-15(9)5-2-3-13-4-5;;/h5,12-13H,2-4H2,1H3,(H2,11,16);2*1H/t5-;;/m0../s1. The fourth-order valence-electron chi connectivity index (χ4n) is 1.98. The highest BCUT2D eigenvalue weighted by Crippen LogP contribution is 2.28. The molecule has 1 aliphatic rings. The number of aromatic nitrogens is 2. The summed E-state index contributed by atoms with van der Waals surface area (Å²) in [7, 11) is 1.76. The first kappa shape index (κ1) is 17.5. The summed E-state index contributed by atoms with van der Waals surface area (Å²) in [6.45, 7) is 1.83. The van der Waals surface area contributed by atoms with Crippen LogP contribution in [0.2, 0.25) is 0 Å². The Bertz CT molecular complexity index is 419. The average Bonchev–Trinajstić information content (AvgIpc) is 2.82. The van der Waals surface area contributed by atoms with E-state index in [9.17, 15) is 4.79 Å². The Morgan fingerprint density at radius 1 is 1.61 bits per heavy atom. The van der Waals surface area contributed by atoms with Crippen LogP contribution in [-0.2, 0) is 0 Å². The van der Waals surface area contributed by atoms with Crippen LogP contribution in [0, 0.1) is 0 Å². The topological polar surface area (TPSA) is 85.0 Å². The third-order valence-electron chi connectivity index (χ3n) is 2.73. The molecule has 0 radical (unpaired) electrons. The predicted octanol–water partition coefficient (Wildman–Crippen LogP) is 1.16. The van der Waals surface area contributed by atoms with Crippen molar-refractivity contribution < 1.29 is 4.79 Å². The van der Waals surface area contributed by atoms with Crippen molar-refractivity contribution in [1.82, 2.24) is 15.1 Å². The second-order valence-corrected chi connectivity index (χ2v) is 4.47. The minimum atomic E-state index is -0.478. The van der Waals surface area contributed by atoms with E-state index in [2.05, 4.69) is 31.7 Å². The molecule has 1 aliphatic heterocycles. The van der Waals surface area contributed by atoms with Gasteiger partial charge in [0.05, 0.1) is 6.04 Å². The summed E-state index contributed by atoms with van der Waals surface area (Å²) < 4.78 is 2.32. The van der Waals surface area contributed by atoms with Crippen LogP contribution in [-0.4, -0.2) is 35.8 Å². The third-order valence-corrected chi connectivity index (χ3v) is 3.29.